The average molecular weight is 348 g/mol. The number of hydrogen-bond donors (Lipinski definition) is 0. The molecule has 0 radical (unpaired) electrons. The Balaban J connectivity index is 2.59. The summed E-state index contributed by atoms with van der Waals surface area (Å²) in [6, 6.07) is 8.10. The summed E-state index contributed by atoms with van der Waals surface area (Å²) in [6.45, 7) is 3.04. The lowest BCUT2D eigenvalue weighted by Gasteiger charge is -2.18. The summed E-state index contributed by atoms with van der Waals surface area (Å²) < 4.78 is 12.3. The highest BCUT2D eigenvalue weighted by atomic mass is 127. The molecule has 2 nitrogen and oxygen atoms in total. The minimum Gasteiger partial charge on any atom is -0.496 e. The van der Waals surface area contributed by atoms with Gasteiger partial charge in [0.15, 0.2) is 0 Å². The van der Waals surface area contributed by atoms with Crippen molar-refractivity contribution in [1.29, 1.82) is 0 Å². The lowest BCUT2D eigenvalue weighted by atomic mass is 10.1. The molecular formula is C14H21IO2. The summed E-state index contributed by atoms with van der Waals surface area (Å²) in [4.78, 5) is 0. The zero-order valence-electron chi connectivity index (χ0n) is 10.6. The second-order valence-electron chi connectivity index (χ2n) is 3.96. The Morgan fingerprint density at radius 1 is 1.24 bits per heavy atom. The molecule has 0 saturated heterocycles. The van der Waals surface area contributed by atoms with Crippen molar-refractivity contribution in [3.05, 3.63) is 29.8 Å². The van der Waals surface area contributed by atoms with Crippen LogP contribution in [0.5, 0.6) is 5.75 Å². The van der Waals surface area contributed by atoms with Crippen LogP contribution in [0.25, 0.3) is 0 Å². The van der Waals surface area contributed by atoms with Crippen LogP contribution in [0.2, 0.25) is 0 Å². The van der Waals surface area contributed by atoms with Crippen LogP contribution in [-0.2, 0) is 4.74 Å². The Labute approximate surface area is 118 Å². The van der Waals surface area contributed by atoms with Gasteiger partial charge in [0, 0.05) is 16.6 Å². The second-order valence-corrected chi connectivity index (χ2v) is 4.84. The van der Waals surface area contributed by atoms with Gasteiger partial charge in [0.2, 0.25) is 0 Å². The lowest BCUT2D eigenvalue weighted by molar-refractivity contribution is 0.0664. The number of hydrogen-bond acceptors (Lipinski definition) is 2. The highest BCUT2D eigenvalue weighted by Crippen LogP contribution is 2.29. The van der Waals surface area contributed by atoms with Crippen LogP contribution in [0.3, 0.4) is 0 Å². The third kappa shape index (κ3) is 4.84. The fraction of sp³-hybridized carbons (Fsp3) is 0.571. The first-order valence-electron chi connectivity index (χ1n) is 6.14. The third-order valence-corrected chi connectivity index (χ3v) is 3.49. The van der Waals surface area contributed by atoms with Gasteiger partial charge in [-0.1, -0.05) is 60.6 Å². The Hall–Kier alpha value is -0.290. The molecule has 0 fully saturated rings. The van der Waals surface area contributed by atoms with Crippen LogP contribution < -0.4 is 4.74 Å². The smallest absolute Gasteiger partial charge is 0.124 e. The molecule has 17 heavy (non-hydrogen) atoms. The maximum Gasteiger partial charge on any atom is 0.124 e. The van der Waals surface area contributed by atoms with Crippen molar-refractivity contribution < 1.29 is 9.47 Å². The van der Waals surface area contributed by atoms with Gasteiger partial charge in [-0.05, 0) is 12.5 Å². The molecule has 0 aliphatic heterocycles. The van der Waals surface area contributed by atoms with Crippen LogP contribution >= 0.6 is 22.6 Å². The molecule has 0 spiro atoms. The van der Waals surface area contributed by atoms with Crippen LogP contribution in [0.4, 0.5) is 0 Å². The second kappa shape index (κ2) is 8.75. The number of ether oxygens (including phenoxy) is 2. The van der Waals surface area contributed by atoms with Gasteiger partial charge in [0.1, 0.15) is 5.75 Å². The molecule has 0 aromatic heterocycles. The zero-order chi connectivity index (χ0) is 12.5. The highest BCUT2D eigenvalue weighted by Gasteiger charge is 2.14. The van der Waals surface area contributed by atoms with Crippen molar-refractivity contribution >= 4 is 22.6 Å². The molecule has 0 aliphatic rings. The lowest BCUT2D eigenvalue weighted by Crippen LogP contribution is -2.08. The maximum absolute atomic E-state index is 5.93. The van der Waals surface area contributed by atoms with Gasteiger partial charge in [0.05, 0.1) is 13.2 Å². The molecule has 1 rings (SSSR count). The van der Waals surface area contributed by atoms with Gasteiger partial charge in [-0.15, -0.1) is 0 Å². The largest absolute Gasteiger partial charge is 0.496 e. The number of benzene rings is 1. The van der Waals surface area contributed by atoms with Crippen LogP contribution in [0.15, 0.2) is 24.3 Å². The van der Waals surface area contributed by atoms with E-state index >= 15 is 0 Å². The standard InChI is InChI=1S/C14H21IO2/c1-3-4-7-10-17-14(11-15)12-8-5-6-9-13(12)16-2/h5-6,8-9,14H,3-4,7,10-11H2,1-2H3. The van der Waals surface area contributed by atoms with Crippen molar-refractivity contribution in [3.63, 3.8) is 0 Å². The molecular weight excluding hydrogens is 327 g/mol. The van der Waals surface area contributed by atoms with Crippen molar-refractivity contribution in [3.8, 4) is 5.75 Å². The normalized spacial score (nSPS) is 12.4. The van der Waals surface area contributed by atoms with Crippen molar-refractivity contribution in [2.24, 2.45) is 0 Å². The van der Waals surface area contributed by atoms with E-state index in [1.807, 2.05) is 18.2 Å². The van der Waals surface area contributed by atoms with Crippen molar-refractivity contribution in [2.75, 3.05) is 18.1 Å². The first-order valence-corrected chi connectivity index (χ1v) is 7.66. The number of para-hydroxylation sites is 1. The molecule has 0 N–H and O–H groups in total. The number of methoxy groups -OCH3 is 1. The quantitative estimate of drug-likeness (QED) is 0.394. The third-order valence-electron chi connectivity index (χ3n) is 2.69. The summed E-state index contributed by atoms with van der Waals surface area (Å²) in [5, 5.41) is 0. The number of alkyl halides is 1. The minimum atomic E-state index is 0.142. The van der Waals surface area contributed by atoms with Gasteiger partial charge >= 0.3 is 0 Å². The molecule has 96 valence electrons. The van der Waals surface area contributed by atoms with E-state index in [4.69, 9.17) is 9.47 Å². The first-order chi connectivity index (χ1) is 8.33. The van der Waals surface area contributed by atoms with Gasteiger partial charge in [0.25, 0.3) is 0 Å². The molecule has 3 heteroatoms. The molecule has 1 aromatic rings. The van der Waals surface area contributed by atoms with Crippen LogP contribution in [-0.4, -0.2) is 18.1 Å². The zero-order valence-corrected chi connectivity index (χ0v) is 12.8. The average Bonchev–Trinajstić information content (AvgIpc) is 2.39. The number of halogens is 1. The summed E-state index contributed by atoms with van der Waals surface area (Å²) in [5.74, 6) is 0.921. The predicted octanol–water partition coefficient (Wildman–Crippen LogP) is 4.38. The SMILES string of the molecule is CCCCCOC(CI)c1ccccc1OC. The summed E-state index contributed by atoms with van der Waals surface area (Å²) in [6.07, 6.45) is 3.75. The predicted molar refractivity (Wildman–Crippen MR) is 80.1 cm³/mol. The fourth-order valence-corrected chi connectivity index (χ4v) is 2.46. The topological polar surface area (TPSA) is 18.5 Å². The monoisotopic (exact) mass is 348 g/mol. The van der Waals surface area contributed by atoms with Gasteiger partial charge in [-0.3, -0.25) is 0 Å². The number of rotatable bonds is 8. The molecule has 0 saturated carbocycles. The van der Waals surface area contributed by atoms with Crippen molar-refractivity contribution in [1.82, 2.24) is 0 Å². The molecule has 0 heterocycles. The van der Waals surface area contributed by atoms with Gasteiger partial charge in [-0.25, -0.2) is 0 Å². The summed E-state index contributed by atoms with van der Waals surface area (Å²) in [5.41, 5.74) is 1.15. The Morgan fingerprint density at radius 3 is 2.65 bits per heavy atom. The molecule has 0 bridgehead atoms. The molecule has 1 unspecified atom stereocenters. The Morgan fingerprint density at radius 2 is 2.00 bits per heavy atom. The van der Waals surface area contributed by atoms with E-state index in [1.54, 1.807) is 7.11 Å². The summed E-state index contributed by atoms with van der Waals surface area (Å²) >= 11 is 2.37. The van der Waals surface area contributed by atoms with E-state index in [0.29, 0.717) is 0 Å². The number of unbranched alkanes of at least 4 members (excludes halogenated alkanes) is 2. The minimum absolute atomic E-state index is 0.142. The van der Waals surface area contributed by atoms with Gasteiger partial charge in [-0.2, -0.15) is 0 Å². The van der Waals surface area contributed by atoms with Crippen molar-refractivity contribution in [2.45, 2.75) is 32.3 Å². The molecule has 1 aromatic carbocycles. The molecule has 0 aliphatic carbocycles. The van der Waals surface area contributed by atoms with E-state index in [9.17, 15) is 0 Å². The van der Waals surface area contributed by atoms with E-state index in [0.717, 1.165) is 28.8 Å². The maximum atomic E-state index is 5.93. The first kappa shape index (κ1) is 14.8. The Kier molecular flexibility index (Phi) is 7.60. The fourth-order valence-electron chi connectivity index (χ4n) is 1.73. The molecule has 0 amide bonds. The highest BCUT2D eigenvalue weighted by molar-refractivity contribution is 14.1. The van der Waals surface area contributed by atoms with E-state index < -0.39 is 0 Å². The molecule has 1 atom stereocenters. The van der Waals surface area contributed by atoms with E-state index in [1.165, 1.54) is 12.8 Å². The van der Waals surface area contributed by atoms with Crippen LogP contribution in [0, 0.1) is 0 Å². The van der Waals surface area contributed by atoms with E-state index in [-0.39, 0.29) is 6.10 Å². The van der Waals surface area contributed by atoms with Gasteiger partial charge < -0.3 is 9.47 Å². The summed E-state index contributed by atoms with van der Waals surface area (Å²) in [7, 11) is 1.71. The Bertz CT molecular complexity index is 315. The van der Waals surface area contributed by atoms with Crippen LogP contribution in [0.1, 0.15) is 37.9 Å². The van der Waals surface area contributed by atoms with E-state index in [2.05, 4.69) is 35.6 Å².